The summed E-state index contributed by atoms with van der Waals surface area (Å²) in [5.74, 6) is -0.761. The quantitative estimate of drug-likeness (QED) is 0.490. The Kier molecular flexibility index (Phi) is 5.18. The van der Waals surface area contributed by atoms with E-state index in [0.717, 1.165) is 5.56 Å². The predicted molar refractivity (Wildman–Crippen MR) is 97.5 cm³/mol. The number of ketones is 1. The van der Waals surface area contributed by atoms with Gasteiger partial charge in [-0.2, -0.15) is 0 Å². The highest BCUT2D eigenvalue weighted by Gasteiger charge is 2.41. The Balaban J connectivity index is 1.76. The van der Waals surface area contributed by atoms with Gasteiger partial charge in [0.25, 0.3) is 0 Å². The Bertz CT molecular complexity index is 841. The van der Waals surface area contributed by atoms with Crippen LogP contribution >= 0.6 is 0 Å². The van der Waals surface area contributed by atoms with Crippen molar-refractivity contribution in [2.24, 2.45) is 0 Å². The second kappa shape index (κ2) is 7.23. The van der Waals surface area contributed by atoms with Gasteiger partial charge in [0.1, 0.15) is 11.8 Å². The van der Waals surface area contributed by atoms with Crippen LogP contribution in [0.15, 0.2) is 36.0 Å². The minimum absolute atomic E-state index is 0.0892. The van der Waals surface area contributed by atoms with E-state index in [4.69, 9.17) is 4.74 Å². The fourth-order valence-corrected chi connectivity index (χ4v) is 4.92. The molecule has 0 bridgehead atoms. The number of ether oxygens (including phenoxy) is 1. The van der Waals surface area contributed by atoms with Crippen molar-refractivity contribution in [3.8, 4) is 0 Å². The normalized spacial score (nSPS) is 27.4. The van der Waals surface area contributed by atoms with Crippen LogP contribution in [0.2, 0.25) is 0 Å². The number of aryl methyl sites for hydroxylation is 1. The van der Waals surface area contributed by atoms with Crippen molar-refractivity contribution in [1.29, 1.82) is 0 Å². The lowest BCUT2D eigenvalue weighted by molar-refractivity contribution is -0.151. The molecule has 1 saturated heterocycles. The van der Waals surface area contributed by atoms with Crippen LogP contribution in [-0.2, 0) is 19.4 Å². The highest BCUT2D eigenvalue weighted by atomic mass is 32.2. The van der Waals surface area contributed by atoms with Crippen LogP contribution in [0.3, 0.4) is 0 Å². The van der Waals surface area contributed by atoms with Crippen LogP contribution < -0.4 is 5.32 Å². The molecule has 1 saturated carbocycles. The van der Waals surface area contributed by atoms with Gasteiger partial charge >= 0.3 is 5.97 Å². The van der Waals surface area contributed by atoms with Crippen LogP contribution in [0, 0.1) is 6.92 Å². The Morgan fingerprint density at radius 2 is 1.96 bits per heavy atom. The van der Waals surface area contributed by atoms with E-state index in [2.05, 4.69) is 5.32 Å². The zero-order chi connectivity index (χ0) is 18.9. The Hall–Kier alpha value is -2.15. The van der Waals surface area contributed by atoms with Gasteiger partial charge in [0.05, 0.1) is 11.3 Å². The molecule has 0 amide bonds. The number of carbonyl (C=O) groups excluding carboxylic acids is 2. The van der Waals surface area contributed by atoms with Crippen LogP contribution in [0.4, 0.5) is 0 Å². The molecule has 3 unspecified atom stereocenters. The number of carbonyl (C=O) groups is 2. The number of sulfone groups is 1. The summed E-state index contributed by atoms with van der Waals surface area (Å²) < 4.78 is 29.8. The molecule has 1 aliphatic heterocycles. The smallest absolute Gasteiger partial charge is 0.354 e. The number of fused-ring (bicyclic) bond motifs is 1. The summed E-state index contributed by atoms with van der Waals surface area (Å²) in [7, 11) is -3.14. The molecule has 0 spiro atoms. The van der Waals surface area contributed by atoms with Gasteiger partial charge in [0, 0.05) is 17.4 Å². The SMILES string of the molecule is CCS(=O)(=O)C1CCC2OC(=O)/C(=C/C(=O)c3ccc(C)cc3)NC2C1. The van der Waals surface area contributed by atoms with Crippen LogP contribution in [0.5, 0.6) is 0 Å². The molecular weight excluding hydrogens is 354 g/mol. The summed E-state index contributed by atoms with van der Waals surface area (Å²) >= 11 is 0. The Morgan fingerprint density at radius 3 is 2.62 bits per heavy atom. The molecule has 1 aromatic carbocycles. The molecule has 2 fully saturated rings. The van der Waals surface area contributed by atoms with Crippen molar-refractivity contribution in [1.82, 2.24) is 5.32 Å². The van der Waals surface area contributed by atoms with Gasteiger partial charge in [0.2, 0.25) is 0 Å². The fourth-order valence-electron chi connectivity index (χ4n) is 3.45. The van der Waals surface area contributed by atoms with Crippen molar-refractivity contribution in [3.63, 3.8) is 0 Å². The summed E-state index contributed by atoms with van der Waals surface area (Å²) in [6, 6.07) is 6.78. The van der Waals surface area contributed by atoms with E-state index in [-0.39, 0.29) is 29.4 Å². The van der Waals surface area contributed by atoms with Crippen molar-refractivity contribution in [3.05, 3.63) is 47.2 Å². The maximum absolute atomic E-state index is 12.4. The number of hydrogen-bond donors (Lipinski definition) is 1. The van der Waals surface area contributed by atoms with E-state index in [1.165, 1.54) is 6.08 Å². The number of allylic oxidation sites excluding steroid dienone is 1. The zero-order valence-electron chi connectivity index (χ0n) is 14.9. The fraction of sp³-hybridized carbons (Fsp3) is 0.474. The second-order valence-corrected chi connectivity index (χ2v) is 9.44. The molecule has 7 heteroatoms. The number of benzene rings is 1. The minimum Gasteiger partial charge on any atom is -0.456 e. The largest absolute Gasteiger partial charge is 0.456 e. The molecule has 0 radical (unpaired) electrons. The van der Waals surface area contributed by atoms with Gasteiger partial charge in [-0.15, -0.1) is 0 Å². The first-order valence-electron chi connectivity index (χ1n) is 8.82. The van der Waals surface area contributed by atoms with Crippen molar-refractivity contribution < 1.29 is 22.7 Å². The molecule has 6 nitrogen and oxygen atoms in total. The molecular formula is C19H23NO5S. The van der Waals surface area contributed by atoms with Gasteiger partial charge in [0.15, 0.2) is 15.6 Å². The maximum Gasteiger partial charge on any atom is 0.354 e. The van der Waals surface area contributed by atoms with Crippen molar-refractivity contribution in [2.75, 3.05) is 5.75 Å². The number of hydrogen-bond acceptors (Lipinski definition) is 6. The first-order valence-corrected chi connectivity index (χ1v) is 10.5. The van der Waals surface area contributed by atoms with Crippen LogP contribution in [0.1, 0.15) is 42.1 Å². The molecule has 140 valence electrons. The average molecular weight is 377 g/mol. The first-order chi connectivity index (χ1) is 12.3. The highest BCUT2D eigenvalue weighted by Crippen LogP contribution is 2.30. The average Bonchev–Trinajstić information content (AvgIpc) is 2.62. The molecule has 1 aliphatic carbocycles. The number of esters is 1. The molecule has 1 N–H and O–H groups in total. The van der Waals surface area contributed by atoms with E-state index in [9.17, 15) is 18.0 Å². The molecule has 3 rings (SSSR count). The predicted octanol–water partition coefficient (Wildman–Crippen LogP) is 1.93. The third-order valence-corrected chi connectivity index (χ3v) is 7.33. The van der Waals surface area contributed by atoms with E-state index in [0.29, 0.717) is 24.8 Å². The lowest BCUT2D eigenvalue weighted by Crippen LogP contribution is -2.54. The lowest BCUT2D eigenvalue weighted by atomic mass is 9.90. The zero-order valence-corrected chi connectivity index (χ0v) is 15.7. The van der Waals surface area contributed by atoms with Gasteiger partial charge in [-0.25, -0.2) is 13.2 Å². The first kappa shape index (κ1) is 18.6. The topological polar surface area (TPSA) is 89.5 Å². The number of nitrogens with one attached hydrogen (secondary N) is 1. The number of rotatable bonds is 4. The third kappa shape index (κ3) is 3.82. The third-order valence-electron chi connectivity index (χ3n) is 5.08. The highest BCUT2D eigenvalue weighted by molar-refractivity contribution is 7.92. The summed E-state index contributed by atoms with van der Waals surface area (Å²) in [6.07, 6.45) is 2.27. The standard InChI is InChI=1S/C19H23NO5S/c1-3-26(23,24)14-8-9-18-15(10-14)20-16(19(22)25-18)11-17(21)13-6-4-12(2)5-7-13/h4-7,11,14-15,18,20H,3,8-10H2,1-2H3/b16-11-. The molecule has 3 atom stereocenters. The van der Waals surface area contributed by atoms with Gasteiger partial charge < -0.3 is 10.1 Å². The minimum atomic E-state index is -3.14. The second-order valence-electron chi connectivity index (χ2n) is 6.87. The van der Waals surface area contributed by atoms with E-state index >= 15 is 0 Å². The van der Waals surface area contributed by atoms with E-state index < -0.39 is 21.1 Å². The Labute approximate surface area is 153 Å². The molecule has 0 aromatic heterocycles. The summed E-state index contributed by atoms with van der Waals surface area (Å²) in [4.78, 5) is 24.6. The van der Waals surface area contributed by atoms with Gasteiger partial charge in [-0.1, -0.05) is 36.8 Å². The maximum atomic E-state index is 12.4. The number of morpholine rings is 1. The van der Waals surface area contributed by atoms with E-state index in [1.54, 1.807) is 19.1 Å². The monoisotopic (exact) mass is 377 g/mol. The molecule has 1 heterocycles. The summed E-state index contributed by atoms with van der Waals surface area (Å²) in [5.41, 5.74) is 1.61. The van der Waals surface area contributed by atoms with Gasteiger partial charge in [-0.3, -0.25) is 4.79 Å². The molecule has 1 aromatic rings. The summed E-state index contributed by atoms with van der Waals surface area (Å²) in [6.45, 7) is 3.57. The van der Waals surface area contributed by atoms with Gasteiger partial charge in [-0.05, 0) is 26.2 Å². The van der Waals surface area contributed by atoms with Crippen molar-refractivity contribution in [2.45, 2.75) is 50.5 Å². The molecule has 2 aliphatic rings. The lowest BCUT2D eigenvalue weighted by Gasteiger charge is -2.39. The van der Waals surface area contributed by atoms with E-state index in [1.807, 2.05) is 19.1 Å². The summed E-state index contributed by atoms with van der Waals surface area (Å²) in [5, 5.41) is 2.61. The van der Waals surface area contributed by atoms with Crippen LogP contribution in [-0.4, -0.2) is 43.3 Å². The molecule has 26 heavy (non-hydrogen) atoms. The van der Waals surface area contributed by atoms with Crippen molar-refractivity contribution >= 4 is 21.6 Å². The Morgan fingerprint density at radius 1 is 1.27 bits per heavy atom. The van der Waals surface area contributed by atoms with Crippen LogP contribution in [0.25, 0.3) is 0 Å².